The number of benzene rings is 2. The fourth-order valence-corrected chi connectivity index (χ4v) is 5.13. The van der Waals surface area contributed by atoms with E-state index < -0.39 is 11.8 Å². The topological polar surface area (TPSA) is 116 Å². The van der Waals surface area contributed by atoms with Gasteiger partial charge in [-0.1, -0.05) is 17.7 Å². The maximum Gasteiger partial charge on any atom is 0.335 e. The molecule has 216 valence electrons. The second kappa shape index (κ2) is 12.2. The number of pyridine rings is 1. The van der Waals surface area contributed by atoms with Crippen molar-refractivity contribution in [2.75, 3.05) is 13.1 Å². The highest BCUT2D eigenvalue weighted by Gasteiger charge is 2.24. The van der Waals surface area contributed by atoms with Crippen molar-refractivity contribution in [2.45, 2.75) is 38.6 Å². The summed E-state index contributed by atoms with van der Waals surface area (Å²) in [6.45, 7) is 2.59. The normalized spacial score (nSPS) is 14.3. The molecule has 0 unspecified atom stereocenters. The molecule has 6 rings (SSSR count). The van der Waals surface area contributed by atoms with Gasteiger partial charge in [0, 0.05) is 24.2 Å². The molecule has 4 heterocycles. The number of aromatic carboxylic acids is 1. The van der Waals surface area contributed by atoms with E-state index in [0.717, 1.165) is 37.3 Å². The van der Waals surface area contributed by atoms with Gasteiger partial charge in [0.2, 0.25) is 11.8 Å². The van der Waals surface area contributed by atoms with Crippen LogP contribution in [-0.2, 0) is 19.7 Å². The van der Waals surface area contributed by atoms with Crippen LogP contribution in [-0.4, -0.2) is 54.7 Å². The number of carboxylic acid groups (broad SMARTS) is 1. The number of aromatic nitrogens is 4. The predicted octanol–water partition coefficient (Wildman–Crippen LogP) is 5.58. The van der Waals surface area contributed by atoms with Crippen LogP contribution in [0.1, 0.15) is 40.6 Å². The van der Waals surface area contributed by atoms with Crippen LogP contribution in [0.5, 0.6) is 11.6 Å². The number of ether oxygens (including phenoxy) is 2. The third kappa shape index (κ3) is 6.37. The lowest BCUT2D eigenvalue weighted by molar-refractivity contribution is 0.0697. The highest BCUT2D eigenvalue weighted by molar-refractivity contribution is 6.30. The number of carboxylic acids is 1. The van der Waals surface area contributed by atoms with Gasteiger partial charge >= 0.3 is 5.97 Å². The first-order valence-electron chi connectivity index (χ1n) is 13.4. The van der Waals surface area contributed by atoms with Crippen molar-refractivity contribution in [3.63, 3.8) is 0 Å². The number of halogens is 2. The number of carbonyl (C=O) groups is 1. The van der Waals surface area contributed by atoms with Gasteiger partial charge in [0.05, 0.1) is 35.0 Å². The summed E-state index contributed by atoms with van der Waals surface area (Å²) < 4.78 is 33.2. The molecule has 2 aromatic carbocycles. The van der Waals surface area contributed by atoms with Crippen molar-refractivity contribution in [3.8, 4) is 11.6 Å². The van der Waals surface area contributed by atoms with E-state index in [0.29, 0.717) is 41.1 Å². The first-order chi connectivity index (χ1) is 20.4. The minimum atomic E-state index is -0.993. The maximum atomic E-state index is 14.0. The highest BCUT2D eigenvalue weighted by atomic mass is 35.5. The summed E-state index contributed by atoms with van der Waals surface area (Å²) in [5.74, 6) is 0.398. The number of rotatable bonds is 10. The van der Waals surface area contributed by atoms with Crippen molar-refractivity contribution in [2.24, 2.45) is 0 Å². The van der Waals surface area contributed by atoms with E-state index in [4.69, 9.17) is 30.5 Å². The van der Waals surface area contributed by atoms with Crippen molar-refractivity contribution in [1.82, 2.24) is 24.4 Å². The van der Waals surface area contributed by atoms with Crippen LogP contribution in [0, 0.1) is 5.82 Å². The van der Waals surface area contributed by atoms with E-state index in [1.54, 1.807) is 42.6 Å². The van der Waals surface area contributed by atoms with Crippen LogP contribution in [0.2, 0.25) is 5.02 Å². The van der Waals surface area contributed by atoms with Crippen LogP contribution in [0.3, 0.4) is 0 Å². The average molecular weight is 592 g/mol. The molecule has 1 fully saturated rings. The summed E-state index contributed by atoms with van der Waals surface area (Å²) >= 11 is 5.81. The van der Waals surface area contributed by atoms with E-state index >= 15 is 0 Å². The summed E-state index contributed by atoms with van der Waals surface area (Å²) in [6, 6.07) is 14.6. The lowest BCUT2D eigenvalue weighted by atomic mass is 10.1. The molecule has 3 aromatic heterocycles. The third-order valence-electron chi connectivity index (χ3n) is 7.09. The van der Waals surface area contributed by atoms with Crippen LogP contribution in [0.4, 0.5) is 4.39 Å². The highest BCUT2D eigenvalue weighted by Crippen LogP contribution is 2.25. The number of imidazole rings is 1. The molecular formula is C30H27ClFN5O5. The molecule has 0 atom stereocenters. The van der Waals surface area contributed by atoms with Gasteiger partial charge in [-0.05, 0) is 55.3 Å². The molecule has 0 amide bonds. The number of hydrogen-bond donors (Lipinski definition) is 1. The molecule has 10 nitrogen and oxygen atoms in total. The SMILES string of the molecule is O=C(O)c1ccc2nc(CN3CCC(Oc4cccc(COc5ccc(Cl)cc5F)n4)CC3)n(Cc3ncco3)c2c1. The number of nitrogens with zero attached hydrogens (tertiary/aromatic N) is 5. The lowest BCUT2D eigenvalue weighted by Crippen LogP contribution is -2.38. The molecule has 1 saturated heterocycles. The first-order valence-corrected chi connectivity index (χ1v) is 13.8. The minimum absolute atomic E-state index is 0.0112. The van der Waals surface area contributed by atoms with Gasteiger partial charge in [-0.3, -0.25) is 4.90 Å². The molecule has 0 spiro atoms. The van der Waals surface area contributed by atoms with Gasteiger partial charge in [-0.15, -0.1) is 0 Å². The lowest BCUT2D eigenvalue weighted by Gasteiger charge is -2.31. The second-order valence-electron chi connectivity index (χ2n) is 9.97. The van der Waals surface area contributed by atoms with Gasteiger partial charge in [-0.25, -0.2) is 24.1 Å². The molecule has 0 aliphatic carbocycles. The van der Waals surface area contributed by atoms with Crippen LogP contribution in [0.15, 0.2) is 71.5 Å². The van der Waals surface area contributed by atoms with Gasteiger partial charge in [-0.2, -0.15) is 0 Å². The number of fused-ring (bicyclic) bond motifs is 1. The molecule has 1 aliphatic rings. The Balaban J connectivity index is 1.08. The Hall–Kier alpha value is -4.48. The van der Waals surface area contributed by atoms with Crippen molar-refractivity contribution >= 4 is 28.6 Å². The summed E-state index contributed by atoms with van der Waals surface area (Å²) in [7, 11) is 0. The molecular weight excluding hydrogens is 565 g/mol. The first kappa shape index (κ1) is 27.7. The summed E-state index contributed by atoms with van der Waals surface area (Å²) in [6.07, 6.45) is 4.67. The predicted molar refractivity (Wildman–Crippen MR) is 151 cm³/mol. The Bertz CT molecular complexity index is 1700. The van der Waals surface area contributed by atoms with Gasteiger partial charge < -0.3 is 23.6 Å². The zero-order chi connectivity index (χ0) is 29.1. The van der Waals surface area contributed by atoms with E-state index in [2.05, 4.69) is 14.9 Å². The zero-order valence-electron chi connectivity index (χ0n) is 22.5. The molecule has 0 bridgehead atoms. The van der Waals surface area contributed by atoms with Crippen molar-refractivity contribution < 1.29 is 28.2 Å². The van der Waals surface area contributed by atoms with Crippen molar-refractivity contribution in [1.29, 1.82) is 0 Å². The van der Waals surface area contributed by atoms with Gasteiger partial charge in [0.1, 0.15) is 31.3 Å². The van der Waals surface area contributed by atoms with E-state index in [9.17, 15) is 14.3 Å². The summed E-state index contributed by atoms with van der Waals surface area (Å²) in [5.41, 5.74) is 2.25. The van der Waals surface area contributed by atoms with E-state index in [1.165, 1.54) is 18.4 Å². The minimum Gasteiger partial charge on any atom is -0.484 e. The number of hydrogen-bond acceptors (Lipinski definition) is 8. The Morgan fingerprint density at radius 2 is 1.95 bits per heavy atom. The second-order valence-corrected chi connectivity index (χ2v) is 10.4. The quantitative estimate of drug-likeness (QED) is 0.222. The van der Waals surface area contributed by atoms with Gasteiger partial charge in [0.15, 0.2) is 11.6 Å². The molecule has 5 aromatic rings. The average Bonchev–Trinajstić information content (AvgIpc) is 3.62. The Morgan fingerprint density at radius 3 is 2.71 bits per heavy atom. The van der Waals surface area contributed by atoms with Crippen LogP contribution < -0.4 is 9.47 Å². The molecule has 0 radical (unpaired) electrons. The molecule has 0 saturated carbocycles. The Kier molecular flexibility index (Phi) is 8.02. The standard InChI is InChI=1S/C30H27ClFN5O5/c31-20-5-7-26(23(32)15-20)41-18-21-2-1-3-28(34-21)42-22-8-11-36(12-9-22)16-27-35-24-6-4-19(30(38)39)14-25(24)37(27)17-29-33-10-13-40-29/h1-7,10,13-15,22H,8-9,11-12,16-18H2,(H,38,39). The van der Waals surface area contributed by atoms with Crippen molar-refractivity contribution in [3.05, 3.63) is 101 Å². The zero-order valence-corrected chi connectivity index (χ0v) is 23.2. The smallest absolute Gasteiger partial charge is 0.335 e. The number of likely N-dealkylation sites (tertiary alicyclic amines) is 1. The van der Waals surface area contributed by atoms with Crippen LogP contribution in [0.25, 0.3) is 11.0 Å². The van der Waals surface area contributed by atoms with Gasteiger partial charge in [0.25, 0.3) is 0 Å². The summed E-state index contributed by atoms with van der Waals surface area (Å²) in [5, 5.41) is 9.79. The molecule has 12 heteroatoms. The van der Waals surface area contributed by atoms with Crippen LogP contribution >= 0.6 is 11.6 Å². The Morgan fingerprint density at radius 1 is 1.10 bits per heavy atom. The van der Waals surface area contributed by atoms with E-state index in [-0.39, 0.29) is 24.0 Å². The van der Waals surface area contributed by atoms with E-state index in [1.807, 2.05) is 10.6 Å². The number of oxazole rings is 1. The largest absolute Gasteiger partial charge is 0.484 e. The maximum absolute atomic E-state index is 14.0. The monoisotopic (exact) mass is 591 g/mol. The number of piperidine rings is 1. The fourth-order valence-electron chi connectivity index (χ4n) is 4.97. The molecule has 42 heavy (non-hydrogen) atoms. The molecule has 1 aliphatic heterocycles. The molecule has 1 N–H and O–H groups in total. The Labute approximate surface area is 245 Å². The third-order valence-corrected chi connectivity index (χ3v) is 7.32. The fraction of sp³-hybridized carbons (Fsp3) is 0.267. The summed E-state index contributed by atoms with van der Waals surface area (Å²) in [4.78, 5) is 27.4.